The number of carbonyl (C=O) groups is 1. The topological polar surface area (TPSA) is 112 Å². The summed E-state index contributed by atoms with van der Waals surface area (Å²) in [6, 6.07) is 1.44. The zero-order valence-corrected chi connectivity index (χ0v) is 10.3. The summed E-state index contributed by atoms with van der Waals surface area (Å²) in [5.41, 5.74) is 1.20. The van der Waals surface area contributed by atoms with Crippen LogP contribution in [0.15, 0.2) is 6.07 Å². The molecule has 0 spiro atoms. The van der Waals surface area contributed by atoms with E-state index in [9.17, 15) is 4.79 Å². The van der Waals surface area contributed by atoms with E-state index in [2.05, 4.69) is 36.1 Å². The third kappa shape index (κ3) is 2.70. The van der Waals surface area contributed by atoms with Crippen LogP contribution < -0.4 is 5.32 Å². The first kappa shape index (κ1) is 12.2. The van der Waals surface area contributed by atoms with Crippen LogP contribution >= 0.6 is 0 Å². The quantitative estimate of drug-likeness (QED) is 0.714. The lowest BCUT2D eigenvalue weighted by Crippen LogP contribution is -2.29. The van der Waals surface area contributed by atoms with Crippen molar-refractivity contribution in [1.82, 2.24) is 36.1 Å². The molecule has 2 aromatic heterocycles. The highest BCUT2D eigenvalue weighted by Crippen LogP contribution is 2.13. The summed E-state index contributed by atoms with van der Waals surface area (Å²) >= 11 is 0. The monoisotopic (exact) mass is 249 g/mol. The molecule has 8 heteroatoms. The van der Waals surface area contributed by atoms with Gasteiger partial charge in [-0.15, -0.1) is 10.2 Å². The minimum absolute atomic E-state index is 0.248. The lowest BCUT2D eigenvalue weighted by atomic mass is 10.1. The number of carbonyl (C=O) groups excluding carboxylic acids is 1. The van der Waals surface area contributed by atoms with E-state index < -0.39 is 0 Å². The highest BCUT2D eigenvalue weighted by molar-refractivity contribution is 5.92. The van der Waals surface area contributed by atoms with Crippen LogP contribution in [0, 0.1) is 6.92 Å². The Hall–Kier alpha value is -2.25. The molecule has 1 atom stereocenters. The first-order chi connectivity index (χ1) is 8.70. The van der Waals surface area contributed by atoms with E-state index in [1.807, 2.05) is 13.8 Å². The van der Waals surface area contributed by atoms with E-state index in [0.29, 0.717) is 11.5 Å². The number of nitrogens with one attached hydrogen (secondary N) is 3. The molecule has 8 nitrogen and oxygen atoms in total. The number of rotatable bonds is 5. The number of hydrogen-bond donors (Lipinski definition) is 3. The molecule has 0 bridgehead atoms. The molecule has 2 aromatic rings. The predicted octanol–water partition coefficient (Wildman–Crippen LogP) is 0.502. The smallest absolute Gasteiger partial charge is 0.272 e. The summed E-state index contributed by atoms with van der Waals surface area (Å²) in [5, 5.41) is 23.2. The molecule has 0 aromatic carbocycles. The Balaban J connectivity index is 2.07. The summed E-state index contributed by atoms with van der Waals surface area (Å²) in [6.07, 6.45) is 1.65. The van der Waals surface area contributed by atoms with Gasteiger partial charge in [0.15, 0.2) is 5.82 Å². The van der Waals surface area contributed by atoms with Crippen molar-refractivity contribution in [3.63, 3.8) is 0 Å². The molecule has 0 saturated heterocycles. The number of amides is 1. The number of H-pyrrole nitrogens is 2. The number of aryl methyl sites for hydroxylation is 1. The molecular formula is C10H15N7O. The van der Waals surface area contributed by atoms with Gasteiger partial charge in [-0.05, 0) is 19.4 Å². The Morgan fingerprint density at radius 1 is 1.50 bits per heavy atom. The van der Waals surface area contributed by atoms with E-state index in [4.69, 9.17) is 0 Å². The maximum atomic E-state index is 12.0. The minimum atomic E-state index is -0.252. The Bertz CT molecular complexity index is 504. The third-order valence-electron chi connectivity index (χ3n) is 2.49. The summed E-state index contributed by atoms with van der Waals surface area (Å²) < 4.78 is 0. The molecule has 0 radical (unpaired) electrons. The predicted molar refractivity (Wildman–Crippen MR) is 62.6 cm³/mol. The van der Waals surface area contributed by atoms with Crippen LogP contribution in [0.1, 0.15) is 47.8 Å². The first-order valence-electron chi connectivity index (χ1n) is 5.77. The molecule has 2 rings (SSSR count). The molecule has 18 heavy (non-hydrogen) atoms. The van der Waals surface area contributed by atoms with Crippen LogP contribution in [-0.2, 0) is 0 Å². The van der Waals surface area contributed by atoms with Gasteiger partial charge in [0.2, 0.25) is 0 Å². The van der Waals surface area contributed by atoms with Crippen LogP contribution in [0.5, 0.6) is 0 Å². The molecule has 1 unspecified atom stereocenters. The second kappa shape index (κ2) is 5.39. The van der Waals surface area contributed by atoms with E-state index >= 15 is 0 Å². The molecule has 0 aliphatic heterocycles. The van der Waals surface area contributed by atoms with Gasteiger partial charge in [-0.3, -0.25) is 9.89 Å². The SMILES string of the molecule is CCCC(NC(=O)c1cc(C)[nH]n1)c1nn[nH]n1. The van der Waals surface area contributed by atoms with Crippen molar-refractivity contribution < 1.29 is 4.79 Å². The van der Waals surface area contributed by atoms with Gasteiger partial charge in [0, 0.05) is 5.69 Å². The molecular weight excluding hydrogens is 234 g/mol. The van der Waals surface area contributed by atoms with E-state index in [1.54, 1.807) is 6.07 Å². The Morgan fingerprint density at radius 3 is 2.89 bits per heavy atom. The van der Waals surface area contributed by atoms with Gasteiger partial charge < -0.3 is 5.32 Å². The minimum Gasteiger partial charge on any atom is -0.340 e. The molecule has 0 aliphatic rings. The highest BCUT2D eigenvalue weighted by atomic mass is 16.2. The second-order valence-electron chi connectivity index (χ2n) is 4.02. The lowest BCUT2D eigenvalue weighted by molar-refractivity contribution is 0.0927. The Morgan fingerprint density at radius 2 is 2.33 bits per heavy atom. The van der Waals surface area contributed by atoms with E-state index in [0.717, 1.165) is 18.5 Å². The summed E-state index contributed by atoms with van der Waals surface area (Å²) in [4.78, 5) is 12.0. The molecule has 1 amide bonds. The standard InChI is InChI=1S/C10H15N7O/c1-3-4-7(9-14-16-17-15-9)11-10(18)8-5-6(2)12-13-8/h5,7H,3-4H2,1-2H3,(H,11,18)(H,12,13)(H,14,15,16,17). The van der Waals surface area contributed by atoms with Gasteiger partial charge in [0.05, 0.1) is 6.04 Å². The fourth-order valence-corrected chi connectivity index (χ4v) is 1.64. The zero-order chi connectivity index (χ0) is 13.0. The third-order valence-corrected chi connectivity index (χ3v) is 2.49. The number of hydrogen-bond acceptors (Lipinski definition) is 5. The van der Waals surface area contributed by atoms with Gasteiger partial charge >= 0.3 is 0 Å². The molecule has 0 aliphatic carbocycles. The highest BCUT2D eigenvalue weighted by Gasteiger charge is 2.19. The maximum Gasteiger partial charge on any atom is 0.272 e. The van der Waals surface area contributed by atoms with Crippen molar-refractivity contribution in [2.75, 3.05) is 0 Å². The first-order valence-corrected chi connectivity index (χ1v) is 5.77. The molecule has 96 valence electrons. The van der Waals surface area contributed by atoms with Crippen LogP contribution in [-0.4, -0.2) is 36.7 Å². The Kier molecular flexibility index (Phi) is 3.66. The number of aromatic nitrogens is 6. The van der Waals surface area contributed by atoms with Crippen molar-refractivity contribution >= 4 is 5.91 Å². The maximum absolute atomic E-state index is 12.0. The van der Waals surface area contributed by atoms with Crippen LogP contribution in [0.4, 0.5) is 0 Å². The van der Waals surface area contributed by atoms with Gasteiger partial charge in [0.1, 0.15) is 5.69 Å². The van der Waals surface area contributed by atoms with Gasteiger partial charge in [-0.2, -0.15) is 10.3 Å². The largest absolute Gasteiger partial charge is 0.340 e. The second-order valence-corrected chi connectivity index (χ2v) is 4.02. The van der Waals surface area contributed by atoms with Crippen LogP contribution in [0.3, 0.4) is 0 Å². The van der Waals surface area contributed by atoms with Crippen molar-refractivity contribution in [2.45, 2.75) is 32.7 Å². The van der Waals surface area contributed by atoms with Gasteiger partial charge in [-0.1, -0.05) is 18.6 Å². The van der Waals surface area contributed by atoms with E-state index in [1.165, 1.54) is 0 Å². The normalized spacial score (nSPS) is 12.3. The van der Waals surface area contributed by atoms with Crippen LogP contribution in [0.2, 0.25) is 0 Å². The molecule has 3 N–H and O–H groups in total. The van der Waals surface area contributed by atoms with Gasteiger partial charge in [-0.25, -0.2) is 0 Å². The number of tetrazole rings is 1. The average molecular weight is 249 g/mol. The molecule has 0 fully saturated rings. The number of nitrogens with zero attached hydrogens (tertiary/aromatic N) is 4. The van der Waals surface area contributed by atoms with E-state index in [-0.39, 0.29) is 11.9 Å². The lowest BCUT2D eigenvalue weighted by Gasteiger charge is -2.13. The average Bonchev–Trinajstić information content (AvgIpc) is 2.98. The summed E-state index contributed by atoms with van der Waals surface area (Å²) in [6.45, 7) is 3.87. The van der Waals surface area contributed by atoms with Gasteiger partial charge in [0.25, 0.3) is 5.91 Å². The van der Waals surface area contributed by atoms with Crippen molar-refractivity contribution in [3.05, 3.63) is 23.3 Å². The fourth-order valence-electron chi connectivity index (χ4n) is 1.64. The summed E-state index contributed by atoms with van der Waals surface area (Å²) in [7, 11) is 0. The fraction of sp³-hybridized carbons (Fsp3) is 0.500. The van der Waals surface area contributed by atoms with Crippen molar-refractivity contribution in [3.8, 4) is 0 Å². The van der Waals surface area contributed by atoms with Crippen LogP contribution in [0.25, 0.3) is 0 Å². The molecule has 0 saturated carbocycles. The summed E-state index contributed by atoms with van der Waals surface area (Å²) in [5.74, 6) is 0.236. The molecule has 2 heterocycles. The zero-order valence-electron chi connectivity index (χ0n) is 10.3. The van der Waals surface area contributed by atoms with Crippen molar-refractivity contribution in [2.24, 2.45) is 0 Å². The number of aromatic amines is 2. The Labute approximate surface area is 104 Å². The van der Waals surface area contributed by atoms with Crippen molar-refractivity contribution in [1.29, 1.82) is 0 Å².